The molecular formula is C13H19N3O. The summed E-state index contributed by atoms with van der Waals surface area (Å²) in [7, 11) is 1.96. The lowest BCUT2D eigenvalue weighted by atomic mass is 10.0. The summed E-state index contributed by atoms with van der Waals surface area (Å²) in [6.07, 6.45) is 1.68. The number of likely N-dealkylation sites (N-methyl/N-ethyl adjacent to an activating group) is 1. The van der Waals surface area contributed by atoms with E-state index in [1.165, 1.54) is 5.56 Å². The van der Waals surface area contributed by atoms with Crippen LogP contribution in [0.2, 0.25) is 0 Å². The molecule has 2 rings (SSSR count). The van der Waals surface area contributed by atoms with Crippen molar-refractivity contribution in [3.05, 3.63) is 23.8 Å². The zero-order valence-electron chi connectivity index (χ0n) is 10.4. The number of carbonyl (C=O) groups excluding carboxylic acids is 1. The van der Waals surface area contributed by atoms with Gasteiger partial charge in [-0.25, -0.2) is 0 Å². The molecule has 1 unspecified atom stereocenters. The number of rotatable bonds is 3. The highest BCUT2D eigenvalue weighted by Crippen LogP contribution is 2.32. The molecular weight excluding hydrogens is 214 g/mol. The molecule has 0 saturated carbocycles. The third-order valence-electron chi connectivity index (χ3n) is 3.32. The van der Waals surface area contributed by atoms with Crippen LogP contribution in [-0.2, 0) is 11.2 Å². The number of carbonyl (C=O) groups is 1. The zero-order chi connectivity index (χ0) is 12.4. The number of hydrogen-bond acceptors (Lipinski definition) is 3. The molecule has 4 heteroatoms. The number of nitrogens with two attached hydrogens (primary N) is 1. The molecule has 1 amide bonds. The Balaban J connectivity index is 2.37. The summed E-state index contributed by atoms with van der Waals surface area (Å²) in [5, 5.41) is 2.94. The number of nitrogens with zero attached hydrogens (tertiary/aromatic N) is 1. The molecule has 0 aromatic heterocycles. The summed E-state index contributed by atoms with van der Waals surface area (Å²) in [4.78, 5) is 13.9. The fourth-order valence-electron chi connectivity index (χ4n) is 2.24. The lowest BCUT2D eigenvalue weighted by Crippen LogP contribution is -2.47. The van der Waals surface area contributed by atoms with E-state index in [0.29, 0.717) is 13.0 Å². The Morgan fingerprint density at radius 2 is 2.24 bits per heavy atom. The summed E-state index contributed by atoms with van der Waals surface area (Å²) in [6, 6.07) is 6.01. The number of anilines is 2. The van der Waals surface area contributed by atoms with Crippen molar-refractivity contribution in [3.8, 4) is 0 Å². The highest BCUT2D eigenvalue weighted by atomic mass is 16.2. The Morgan fingerprint density at radius 3 is 2.88 bits per heavy atom. The van der Waals surface area contributed by atoms with Crippen LogP contribution in [0.4, 0.5) is 11.4 Å². The minimum Gasteiger partial charge on any atom is -0.361 e. The van der Waals surface area contributed by atoms with Crippen LogP contribution >= 0.6 is 0 Å². The summed E-state index contributed by atoms with van der Waals surface area (Å²) in [5.41, 5.74) is 8.81. The van der Waals surface area contributed by atoms with Crippen LogP contribution in [0.15, 0.2) is 18.2 Å². The predicted octanol–water partition coefficient (Wildman–Crippen LogP) is 1.35. The average Bonchev–Trinajstić information content (AvgIpc) is 2.34. The predicted molar refractivity (Wildman–Crippen MR) is 70.3 cm³/mol. The van der Waals surface area contributed by atoms with Crippen molar-refractivity contribution in [1.29, 1.82) is 0 Å². The minimum absolute atomic E-state index is 0.0368. The Bertz CT molecular complexity index is 431. The van der Waals surface area contributed by atoms with E-state index in [9.17, 15) is 4.79 Å². The molecule has 0 spiro atoms. The van der Waals surface area contributed by atoms with Crippen molar-refractivity contribution < 1.29 is 4.79 Å². The zero-order valence-corrected chi connectivity index (χ0v) is 10.4. The molecule has 3 N–H and O–H groups in total. The largest absolute Gasteiger partial charge is 0.361 e. The lowest BCUT2D eigenvalue weighted by Gasteiger charge is -2.35. The maximum absolute atomic E-state index is 11.9. The molecule has 1 heterocycles. The van der Waals surface area contributed by atoms with E-state index in [0.717, 1.165) is 17.8 Å². The van der Waals surface area contributed by atoms with Crippen LogP contribution in [0, 0.1) is 0 Å². The van der Waals surface area contributed by atoms with E-state index in [-0.39, 0.29) is 11.9 Å². The topological polar surface area (TPSA) is 58.4 Å². The van der Waals surface area contributed by atoms with Crippen molar-refractivity contribution in [2.45, 2.75) is 25.8 Å². The molecule has 0 saturated heterocycles. The fraction of sp³-hybridized carbons (Fsp3) is 0.462. The smallest absolute Gasteiger partial charge is 0.247 e. The van der Waals surface area contributed by atoms with Gasteiger partial charge in [-0.1, -0.05) is 13.0 Å². The molecule has 0 bridgehead atoms. The van der Waals surface area contributed by atoms with E-state index in [1.54, 1.807) is 0 Å². The van der Waals surface area contributed by atoms with Crippen molar-refractivity contribution in [1.82, 2.24) is 0 Å². The van der Waals surface area contributed by atoms with Crippen LogP contribution in [0.1, 0.15) is 18.9 Å². The number of benzene rings is 1. The SMILES string of the molecule is CCc1ccc2c(c1)N(C)C(CCN)C(=O)N2. The summed E-state index contributed by atoms with van der Waals surface area (Å²) in [6.45, 7) is 2.64. The fourth-order valence-corrected chi connectivity index (χ4v) is 2.24. The summed E-state index contributed by atoms with van der Waals surface area (Å²) < 4.78 is 0. The van der Waals surface area contributed by atoms with Gasteiger partial charge in [0.1, 0.15) is 6.04 Å². The monoisotopic (exact) mass is 233 g/mol. The molecule has 4 nitrogen and oxygen atoms in total. The van der Waals surface area contributed by atoms with Gasteiger partial charge in [0, 0.05) is 7.05 Å². The first-order valence-corrected chi connectivity index (χ1v) is 6.04. The van der Waals surface area contributed by atoms with Gasteiger partial charge in [0.2, 0.25) is 5.91 Å². The van der Waals surface area contributed by atoms with Crippen molar-refractivity contribution >= 4 is 17.3 Å². The molecule has 0 aliphatic carbocycles. The second kappa shape index (κ2) is 4.75. The molecule has 1 aliphatic rings. The Hall–Kier alpha value is -1.55. The summed E-state index contributed by atoms with van der Waals surface area (Å²) >= 11 is 0. The van der Waals surface area contributed by atoms with Gasteiger partial charge in [0.15, 0.2) is 0 Å². The van der Waals surface area contributed by atoms with Crippen LogP contribution in [-0.4, -0.2) is 25.5 Å². The van der Waals surface area contributed by atoms with Crippen LogP contribution in [0.3, 0.4) is 0 Å². The van der Waals surface area contributed by atoms with Gasteiger partial charge in [-0.05, 0) is 37.1 Å². The van der Waals surface area contributed by atoms with Crippen molar-refractivity contribution in [2.75, 3.05) is 23.8 Å². The second-order valence-corrected chi connectivity index (χ2v) is 4.40. The van der Waals surface area contributed by atoms with Gasteiger partial charge in [-0.15, -0.1) is 0 Å². The normalized spacial score (nSPS) is 18.9. The lowest BCUT2D eigenvalue weighted by molar-refractivity contribution is -0.117. The Morgan fingerprint density at radius 1 is 1.47 bits per heavy atom. The van der Waals surface area contributed by atoms with Gasteiger partial charge in [0.25, 0.3) is 0 Å². The molecule has 1 aromatic carbocycles. The maximum atomic E-state index is 11.9. The first-order chi connectivity index (χ1) is 8.17. The van der Waals surface area contributed by atoms with Gasteiger partial charge >= 0.3 is 0 Å². The standard InChI is InChI=1S/C13H19N3O/c1-3-9-4-5-10-12(8-9)16(2)11(6-7-14)13(17)15-10/h4-5,8,11H,3,6-7,14H2,1-2H3,(H,15,17). The first-order valence-electron chi connectivity index (χ1n) is 6.04. The van der Waals surface area contributed by atoms with Gasteiger partial charge in [-0.2, -0.15) is 0 Å². The molecule has 92 valence electrons. The van der Waals surface area contributed by atoms with Gasteiger partial charge in [0.05, 0.1) is 11.4 Å². The molecule has 1 aromatic rings. The number of fused-ring (bicyclic) bond motifs is 1. The first kappa shape index (κ1) is 11.9. The van der Waals surface area contributed by atoms with E-state index in [4.69, 9.17) is 5.73 Å². The average molecular weight is 233 g/mol. The van der Waals surface area contributed by atoms with E-state index >= 15 is 0 Å². The van der Waals surface area contributed by atoms with Crippen LogP contribution < -0.4 is 16.0 Å². The minimum atomic E-state index is -0.153. The van der Waals surface area contributed by atoms with Crippen LogP contribution in [0.5, 0.6) is 0 Å². The summed E-state index contributed by atoms with van der Waals surface area (Å²) in [5.74, 6) is 0.0368. The van der Waals surface area contributed by atoms with E-state index in [2.05, 4.69) is 24.4 Å². The van der Waals surface area contributed by atoms with Gasteiger partial charge < -0.3 is 16.0 Å². The molecule has 17 heavy (non-hydrogen) atoms. The highest BCUT2D eigenvalue weighted by molar-refractivity contribution is 6.03. The third-order valence-corrected chi connectivity index (χ3v) is 3.32. The third kappa shape index (κ3) is 2.13. The number of amides is 1. The van der Waals surface area contributed by atoms with Crippen molar-refractivity contribution in [3.63, 3.8) is 0 Å². The van der Waals surface area contributed by atoms with E-state index < -0.39 is 0 Å². The Labute approximate surface area is 102 Å². The van der Waals surface area contributed by atoms with Gasteiger partial charge in [-0.3, -0.25) is 4.79 Å². The van der Waals surface area contributed by atoms with Crippen LogP contribution in [0.25, 0.3) is 0 Å². The molecule has 0 radical (unpaired) electrons. The highest BCUT2D eigenvalue weighted by Gasteiger charge is 2.29. The van der Waals surface area contributed by atoms with Crippen molar-refractivity contribution in [2.24, 2.45) is 5.73 Å². The Kier molecular flexibility index (Phi) is 3.33. The number of hydrogen-bond donors (Lipinski definition) is 2. The molecule has 1 aliphatic heterocycles. The quantitative estimate of drug-likeness (QED) is 0.828. The number of nitrogens with one attached hydrogen (secondary N) is 1. The molecule has 1 atom stereocenters. The second-order valence-electron chi connectivity index (χ2n) is 4.40. The maximum Gasteiger partial charge on any atom is 0.247 e. The number of aryl methyl sites for hydroxylation is 1. The molecule has 0 fully saturated rings. The van der Waals surface area contributed by atoms with E-state index in [1.807, 2.05) is 18.0 Å².